The van der Waals surface area contributed by atoms with Gasteiger partial charge in [0.2, 0.25) is 0 Å². The lowest BCUT2D eigenvalue weighted by Crippen LogP contribution is -2.07. The van der Waals surface area contributed by atoms with Crippen molar-refractivity contribution in [3.8, 4) is 22.0 Å². The molecule has 4 aromatic rings. The number of methoxy groups -OCH3 is 1. The Morgan fingerprint density at radius 3 is 2.66 bits per heavy atom. The van der Waals surface area contributed by atoms with Crippen LogP contribution in [0.3, 0.4) is 0 Å². The topological polar surface area (TPSA) is 66.2 Å². The van der Waals surface area contributed by atoms with Gasteiger partial charge in [0.15, 0.2) is 0 Å². The van der Waals surface area contributed by atoms with Gasteiger partial charge in [-0.2, -0.15) is 5.10 Å². The van der Waals surface area contributed by atoms with Crippen LogP contribution in [-0.2, 0) is 11.3 Å². The first kappa shape index (κ1) is 18.9. The maximum absolute atomic E-state index is 12.5. The molecule has 2 aromatic carbocycles. The molecule has 2 aromatic heterocycles. The summed E-state index contributed by atoms with van der Waals surface area (Å²) in [7, 11) is 1.63. The van der Waals surface area contributed by atoms with E-state index in [4.69, 9.17) is 9.47 Å². The van der Waals surface area contributed by atoms with E-state index in [1.165, 1.54) is 17.5 Å². The Bertz CT molecular complexity index is 1140. The largest absolute Gasteiger partial charge is 0.496 e. The number of rotatable bonds is 6. The first-order valence-corrected chi connectivity index (χ1v) is 9.90. The Morgan fingerprint density at radius 1 is 1.10 bits per heavy atom. The number of esters is 1. The molecule has 0 unspecified atom stereocenters. The summed E-state index contributed by atoms with van der Waals surface area (Å²) in [4.78, 5) is 17.1. The molecule has 0 bridgehead atoms. The quantitative estimate of drug-likeness (QED) is 0.436. The van der Waals surface area contributed by atoms with Crippen LogP contribution in [0.2, 0.25) is 0 Å². The highest BCUT2D eigenvalue weighted by atomic mass is 32.1. The molecule has 146 valence electrons. The van der Waals surface area contributed by atoms with Crippen molar-refractivity contribution in [3.63, 3.8) is 0 Å². The molecule has 0 atom stereocenters. The van der Waals surface area contributed by atoms with Crippen LogP contribution in [0.1, 0.15) is 21.7 Å². The smallest absolute Gasteiger partial charge is 0.342 e. The Labute approximate surface area is 172 Å². The monoisotopic (exact) mass is 405 g/mol. The fourth-order valence-electron chi connectivity index (χ4n) is 2.98. The number of para-hydroxylation sites is 2. The van der Waals surface area contributed by atoms with Crippen molar-refractivity contribution >= 4 is 17.3 Å². The number of hydrogen-bond acceptors (Lipinski definition) is 6. The van der Waals surface area contributed by atoms with Crippen LogP contribution in [0.25, 0.3) is 16.3 Å². The molecule has 0 N–H and O–H groups in total. The van der Waals surface area contributed by atoms with Crippen LogP contribution in [0.4, 0.5) is 0 Å². The number of thiazole rings is 1. The van der Waals surface area contributed by atoms with E-state index < -0.39 is 5.97 Å². The Kier molecular flexibility index (Phi) is 5.39. The van der Waals surface area contributed by atoms with Gasteiger partial charge in [0.1, 0.15) is 22.9 Å². The first-order chi connectivity index (χ1) is 14.2. The van der Waals surface area contributed by atoms with Crippen LogP contribution in [-0.4, -0.2) is 27.8 Å². The van der Waals surface area contributed by atoms with Crippen molar-refractivity contribution in [1.29, 1.82) is 0 Å². The highest BCUT2D eigenvalue weighted by molar-refractivity contribution is 7.13. The highest BCUT2D eigenvalue weighted by Crippen LogP contribution is 2.32. The van der Waals surface area contributed by atoms with Gasteiger partial charge in [-0.25, -0.2) is 14.5 Å². The second kappa shape index (κ2) is 8.28. The molecule has 2 heterocycles. The Hall–Kier alpha value is -3.45. The molecule has 0 saturated carbocycles. The summed E-state index contributed by atoms with van der Waals surface area (Å²) in [5.74, 6) is 0.339. The van der Waals surface area contributed by atoms with Gasteiger partial charge in [-0.15, -0.1) is 11.3 Å². The van der Waals surface area contributed by atoms with Crippen molar-refractivity contribution in [3.05, 3.63) is 83.1 Å². The average molecular weight is 405 g/mol. The fourth-order valence-corrected chi connectivity index (χ4v) is 3.81. The first-order valence-electron chi connectivity index (χ1n) is 9.02. The number of carbonyl (C=O) groups is 1. The summed E-state index contributed by atoms with van der Waals surface area (Å²) in [6.45, 7) is 1.94. The van der Waals surface area contributed by atoms with Gasteiger partial charge in [-0.05, 0) is 31.2 Å². The molecule has 0 amide bonds. The molecule has 0 radical (unpaired) electrons. The zero-order chi connectivity index (χ0) is 20.2. The molecule has 4 rings (SSSR count). The third kappa shape index (κ3) is 3.90. The van der Waals surface area contributed by atoms with Gasteiger partial charge in [0, 0.05) is 5.38 Å². The van der Waals surface area contributed by atoms with E-state index in [9.17, 15) is 4.79 Å². The summed E-state index contributed by atoms with van der Waals surface area (Å²) >= 11 is 1.49. The molecule has 0 aliphatic heterocycles. The van der Waals surface area contributed by atoms with Crippen LogP contribution in [0.15, 0.2) is 66.2 Å². The van der Waals surface area contributed by atoms with Crippen molar-refractivity contribution < 1.29 is 14.3 Å². The van der Waals surface area contributed by atoms with Crippen molar-refractivity contribution in [2.45, 2.75) is 13.5 Å². The van der Waals surface area contributed by atoms with Crippen LogP contribution >= 0.6 is 11.3 Å². The Morgan fingerprint density at radius 2 is 1.86 bits per heavy atom. The third-order valence-corrected chi connectivity index (χ3v) is 5.40. The number of aromatic nitrogens is 3. The summed E-state index contributed by atoms with van der Waals surface area (Å²) < 4.78 is 12.6. The van der Waals surface area contributed by atoms with E-state index in [0.29, 0.717) is 11.3 Å². The second-order valence-corrected chi connectivity index (χ2v) is 7.17. The summed E-state index contributed by atoms with van der Waals surface area (Å²) in [5, 5.41) is 7.02. The molecule has 7 heteroatoms. The van der Waals surface area contributed by atoms with Crippen molar-refractivity contribution in [1.82, 2.24) is 14.8 Å². The van der Waals surface area contributed by atoms with E-state index in [1.54, 1.807) is 11.8 Å². The molecule has 0 spiro atoms. The van der Waals surface area contributed by atoms with E-state index in [-0.39, 0.29) is 6.61 Å². The lowest BCUT2D eigenvalue weighted by atomic mass is 10.2. The van der Waals surface area contributed by atoms with Gasteiger partial charge in [-0.1, -0.05) is 30.3 Å². The van der Waals surface area contributed by atoms with E-state index in [1.807, 2.05) is 66.9 Å². The summed E-state index contributed by atoms with van der Waals surface area (Å²) in [6.07, 6.45) is 1.53. The number of benzene rings is 2. The minimum absolute atomic E-state index is 0.0977. The predicted molar refractivity (Wildman–Crippen MR) is 112 cm³/mol. The zero-order valence-corrected chi connectivity index (χ0v) is 16.8. The maximum atomic E-state index is 12.5. The van der Waals surface area contributed by atoms with E-state index in [2.05, 4.69) is 10.1 Å². The molecular formula is C22H19N3O3S. The Balaban J connectivity index is 1.46. The van der Waals surface area contributed by atoms with Gasteiger partial charge >= 0.3 is 5.97 Å². The molecule has 0 fully saturated rings. The highest BCUT2D eigenvalue weighted by Gasteiger charge is 2.17. The average Bonchev–Trinajstić information content (AvgIpc) is 3.39. The minimum Gasteiger partial charge on any atom is -0.496 e. The standard InChI is InChI=1S/C22H19N3O3S/c1-15-19(12-23-25(15)17-8-4-3-5-9-17)22(26)28-13-16-14-29-21(24-16)18-10-6-7-11-20(18)27-2/h3-12,14H,13H2,1-2H3. The third-order valence-electron chi connectivity index (χ3n) is 4.47. The van der Waals surface area contributed by atoms with Gasteiger partial charge in [0.05, 0.1) is 35.9 Å². The van der Waals surface area contributed by atoms with E-state index >= 15 is 0 Å². The number of hydrogen-bond donors (Lipinski definition) is 0. The SMILES string of the molecule is COc1ccccc1-c1nc(COC(=O)c2cnn(-c3ccccc3)c2C)cs1. The van der Waals surface area contributed by atoms with Crippen LogP contribution in [0, 0.1) is 6.92 Å². The minimum atomic E-state index is -0.420. The van der Waals surface area contributed by atoms with Crippen LogP contribution in [0.5, 0.6) is 5.75 Å². The predicted octanol–water partition coefficient (Wildman–Crippen LogP) is 4.67. The molecule has 29 heavy (non-hydrogen) atoms. The number of carbonyl (C=O) groups excluding carboxylic acids is 1. The molecule has 6 nitrogen and oxygen atoms in total. The van der Waals surface area contributed by atoms with Gasteiger partial charge < -0.3 is 9.47 Å². The fraction of sp³-hybridized carbons (Fsp3) is 0.136. The van der Waals surface area contributed by atoms with Gasteiger partial charge in [0.25, 0.3) is 0 Å². The molecular weight excluding hydrogens is 386 g/mol. The maximum Gasteiger partial charge on any atom is 0.342 e. The second-order valence-electron chi connectivity index (χ2n) is 6.31. The van der Waals surface area contributed by atoms with Crippen molar-refractivity contribution in [2.24, 2.45) is 0 Å². The van der Waals surface area contributed by atoms with E-state index in [0.717, 1.165) is 27.7 Å². The molecule has 0 aliphatic rings. The lowest BCUT2D eigenvalue weighted by molar-refractivity contribution is 0.0467. The molecule has 0 aliphatic carbocycles. The summed E-state index contributed by atoms with van der Waals surface area (Å²) in [6, 6.07) is 17.4. The van der Waals surface area contributed by atoms with Gasteiger partial charge in [-0.3, -0.25) is 0 Å². The number of ether oxygens (including phenoxy) is 2. The van der Waals surface area contributed by atoms with Crippen LogP contribution < -0.4 is 4.74 Å². The molecule has 0 saturated heterocycles. The van der Waals surface area contributed by atoms with Crippen molar-refractivity contribution in [2.75, 3.05) is 7.11 Å². The zero-order valence-electron chi connectivity index (χ0n) is 16.0. The lowest BCUT2D eigenvalue weighted by Gasteiger charge is -2.06. The summed E-state index contributed by atoms with van der Waals surface area (Å²) in [5.41, 5.74) is 3.67. The number of nitrogens with zero attached hydrogens (tertiary/aromatic N) is 3. The normalized spacial score (nSPS) is 10.7.